The third-order valence-corrected chi connectivity index (χ3v) is 4.59. The maximum Gasteiger partial charge on any atom is 0.226 e. The molecule has 3 rings (SSSR count). The molecule has 1 aliphatic rings. The van der Waals surface area contributed by atoms with Crippen molar-refractivity contribution in [1.82, 2.24) is 19.9 Å². The minimum atomic E-state index is -0.0515. The van der Waals surface area contributed by atoms with E-state index in [2.05, 4.69) is 31.7 Å². The first kappa shape index (κ1) is 18.6. The second-order valence-electron chi connectivity index (χ2n) is 6.88. The van der Waals surface area contributed by atoms with Gasteiger partial charge in [0.25, 0.3) is 0 Å². The number of carbonyl (C=O) groups excluding carboxylic acids is 1. The maximum absolute atomic E-state index is 12.4. The van der Waals surface area contributed by atoms with Gasteiger partial charge in [0.15, 0.2) is 0 Å². The number of aryl methyl sites for hydroxylation is 1. The molecule has 1 atom stereocenters. The van der Waals surface area contributed by atoms with Crippen molar-refractivity contribution in [3.05, 3.63) is 41.3 Å². The number of hydrogen-bond donors (Lipinski definition) is 1. The summed E-state index contributed by atoms with van der Waals surface area (Å²) in [5, 5.41) is 0. The van der Waals surface area contributed by atoms with Gasteiger partial charge >= 0.3 is 0 Å². The Balaban J connectivity index is 1.95. The van der Waals surface area contributed by atoms with Gasteiger partial charge in [-0.1, -0.05) is 11.8 Å². The Labute approximate surface area is 159 Å². The molecule has 0 unspecified atom stereocenters. The quantitative estimate of drug-likeness (QED) is 0.812. The van der Waals surface area contributed by atoms with Gasteiger partial charge in [0.2, 0.25) is 11.9 Å². The summed E-state index contributed by atoms with van der Waals surface area (Å²) in [4.78, 5) is 29.0. The number of carbonyl (C=O) groups is 1. The maximum atomic E-state index is 12.4. The highest BCUT2D eigenvalue weighted by Crippen LogP contribution is 2.27. The van der Waals surface area contributed by atoms with E-state index >= 15 is 0 Å². The fraction of sp³-hybridized carbons (Fsp3) is 0.400. The Morgan fingerprint density at radius 2 is 2.15 bits per heavy atom. The molecule has 1 aliphatic heterocycles. The van der Waals surface area contributed by atoms with Crippen LogP contribution in [-0.4, -0.2) is 52.9 Å². The molecule has 0 aliphatic carbocycles. The Bertz CT molecular complexity index is 885. The van der Waals surface area contributed by atoms with Gasteiger partial charge in [0, 0.05) is 45.1 Å². The number of aromatic nitrogens is 3. The van der Waals surface area contributed by atoms with Gasteiger partial charge in [0.1, 0.15) is 5.82 Å². The van der Waals surface area contributed by atoms with Crippen molar-refractivity contribution in [3.8, 4) is 11.8 Å². The fourth-order valence-electron chi connectivity index (χ4n) is 3.26. The largest absolute Gasteiger partial charge is 0.368 e. The first-order valence-corrected chi connectivity index (χ1v) is 8.98. The summed E-state index contributed by atoms with van der Waals surface area (Å²) in [7, 11) is 3.58. The second kappa shape index (κ2) is 8.04. The molecule has 0 radical (unpaired) electrons. The number of nitrogens with two attached hydrogens (primary N) is 1. The van der Waals surface area contributed by atoms with Gasteiger partial charge in [-0.2, -0.15) is 4.98 Å². The molecule has 2 aromatic heterocycles. The lowest BCUT2D eigenvalue weighted by atomic mass is 9.96. The van der Waals surface area contributed by atoms with E-state index in [1.54, 1.807) is 31.4 Å². The van der Waals surface area contributed by atoms with Gasteiger partial charge in [0.05, 0.1) is 17.2 Å². The molecule has 1 amide bonds. The van der Waals surface area contributed by atoms with E-state index in [-0.39, 0.29) is 17.8 Å². The van der Waals surface area contributed by atoms with E-state index in [1.165, 1.54) is 0 Å². The Morgan fingerprint density at radius 3 is 2.85 bits per heavy atom. The zero-order valence-corrected chi connectivity index (χ0v) is 15.9. The molecule has 1 saturated heterocycles. The predicted octanol–water partition coefficient (Wildman–Crippen LogP) is 1.47. The highest BCUT2D eigenvalue weighted by molar-refractivity contribution is 5.79. The fourth-order valence-corrected chi connectivity index (χ4v) is 3.26. The molecule has 1 fully saturated rings. The number of rotatable bonds is 2. The zero-order chi connectivity index (χ0) is 19.4. The van der Waals surface area contributed by atoms with Crippen molar-refractivity contribution in [2.75, 3.05) is 37.8 Å². The van der Waals surface area contributed by atoms with Gasteiger partial charge in [-0.3, -0.25) is 9.78 Å². The number of piperidine rings is 1. The molecule has 3 heterocycles. The summed E-state index contributed by atoms with van der Waals surface area (Å²) in [6.45, 7) is 3.30. The smallest absolute Gasteiger partial charge is 0.226 e. The third kappa shape index (κ3) is 4.34. The van der Waals surface area contributed by atoms with Crippen LogP contribution < -0.4 is 10.6 Å². The molecule has 7 heteroatoms. The Kier molecular flexibility index (Phi) is 5.55. The Hall–Kier alpha value is -3.14. The first-order chi connectivity index (χ1) is 13.0. The number of nitrogens with zero attached hydrogens (tertiary/aromatic N) is 5. The highest BCUT2D eigenvalue weighted by atomic mass is 16.2. The van der Waals surface area contributed by atoms with Crippen molar-refractivity contribution in [3.63, 3.8) is 0 Å². The first-order valence-electron chi connectivity index (χ1n) is 8.98. The number of nitrogen functional groups attached to an aromatic ring is 1. The number of anilines is 2. The van der Waals surface area contributed by atoms with Crippen molar-refractivity contribution < 1.29 is 4.79 Å². The van der Waals surface area contributed by atoms with Crippen LogP contribution in [0.25, 0.3) is 0 Å². The SMILES string of the molecule is Cc1nc(N)nc(N2CCC[C@@H](C(=O)N(C)C)C2)c1C#Cc1cccnc1. The van der Waals surface area contributed by atoms with Gasteiger partial charge in [-0.25, -0.2) is 4.98 Å². The summed E-state index contributed by atoms with van der Waals surface area (Å²) in [6.07, 6.45) is 5.23. The molecule has 140 valence electrons. The molecule has 0 aromatic carbocycles. The number of pyridine rings is 1. The van der Waals surface area contributed by atoms with E-state index in [0.717, 1.165) is 36.2 Å². The summed E-state index contributed by atoms with van der Waals surface area (Å²) in [6, 6.07) is 3.75. The van der Waals surface area contributed by atoms with E-state index in [1.807, 2.05) is 19.1 Å². The van der Waals surface area contributed by atoms with Crippen LogP contribution in [0.4, 0.5) is 11.8 Å². The van der Waals surface area contributed by atoms with Crippen molar-refractivity contribution in [2.45, 2.75) is 19.8 Å². The minimum Gasteiger partial charge on any atom is -0.368 e. The van der Waals surface area contributed by atoms with E-state index in [9.17, 15) is 4.79 Å². The standard InChI is InChI=1S/C20H24N6O/c1-14-17(9-8-15-6-4-10-22-12-15)18(24-20(21)23-14)26-11-5-7-16(13-26)19(27)25(2)3/h4,6,10,12,16H,5,7,11,13H2,1-3H3,(H2,21,23,24)/t16-/m1/s1. The van der Waals surface area contributed by atoms with Crippen LogP contribution in [-0.2, 0) is 4.79 Å². The zero-order valence-electron chi connectivity index (χ0n) is 15.9. The predicted molar refractivity (Wildman–Crippen MR) is 105 cm³/mol. The third-order valence-electron chi connectivity index (χ3n) is 4.59. The van der Waals surface area contributed by atoms with Crippen LogP contribution in [0.5, 0.6) is 0 Å². The molecule has 2 N–H and O–H groups in total. The van der Waals surface area contributed by atoms with Crippen LogP contribution in [0.2, 0.25) is 0 Å². The average Bonchev–Trinajstić information content (AvgIpc) is 2.67. The minimum absolute atomic E-state index is 0.0515. The number of hydrogen-bond acceptors (Lipinski definition) is 6. The lowest BCUT2D eigenvalue weighted by molar-refractivity contribution is -0.133. The van der Waals surface area contributed by atoms with Crippen molar-refractivity contribution in [1.29, 1.82) is 0 Å². The van der Waals surface area contributed by atoms with Crippen LogP contribution >= 0.6 is 0 Å². The topological polar surface area (TPSA) is 88.2 Å². The van der Waals surface area contributed by atoms with E-state index < -0.39 is 0 Å². The molecule has 0 spiro atoms. The van der Waals surface area contributed by atoms with Crippen LogP contribution in [0.1, 0.15) is 29.7 Å². The van der Waals surface area contributed by atoms with Gasteiger partial charge in [-0.15, -0.1) is 0 Å². The number of amides is 1. The molecule has 0 bridgehead atoms. The summed E-state index contributed by atoms with van der Waals surface area (Å²) in [5.74, 6) is 7.31. The normalized spacial score (nSPS) is 16.4. The average molecular weight is 364 g/mol. The van der Waals surface area contributed by atoms with Crippen molar-refractivity contribution in [2.24, 2.45) is 5.92 Å². The molecule has 27 heavy (non-hydrogen) atoms. The van der Waals surface area contributed by atoms with Gasteiger partial charge in [-0.05, 0) is 31.9 Å². The van der Waals surface area contributed by atoms with E-state index in [0.29, 0.717) is 12.4 Å². The monoisotopic (exact) mass is 364 g/mol. The lowest BCUT2D eigenvalue weighted by Crippen LogP contribution is -2.43. The molecule has 0 saturated carbocycles. The molecule has 7 nitrogen and oxygen atoms in total. The van der Waals surface area contributed by atoms with Crippen LogP contribution in [0.15, 0.2) is 24.5 Å². The van der Waals surface area contributed by atoms with Crippen LogP contribution in [0, 0.1) is 24.7 Å². The second-order valence-corrected chi connectivity index (χ2v) is 6.88. The summed E-state index contributed by atoms with van der Waals surface area (Å²) in [5.41, 5.74) is 8.19. The molecular weight excluding hydrogens is 340 g/mol. The van der Waals surface area contributed by atoms with Crippen molar-refractivity contribution >= 4 is 17.7 Å². The van der Waals surface area contributed by atoms with Crippen LogP contribution in [0.3, 0.4) is 0 Å². The summed E-state index contributed by atoms with van der Waals surface area (Å²) >= 11 is 0. The summed E-state index contributed by atoms with van der Waals surface area (Å²) < 4.78 is 0. The van der Waals surface area contributed by atoms with Gasteiger partial charge < -0.3 is 15.5 Å². The molecular formula is C20H24N6O. The van der Waals surface area contributed by atoms with E-state index in [4.69, 9.17) is 5.73 Å². The Morgan fingerprint density at radius 1 is 1.33 bits per heavy atom. The highest BCUT2D eigenvalue weighted by Gasteiger charge is 2.29. The molecule has 2 aromatic rings. The lowest BCUT2D eigenvalue weighted by Gasteiger charge is -2.34.